The van der Waals surface area contributed by atoms with Gasteiger partial charge in [0.05, 0.1) is 37.8 Å². The minimum atomic E-state index is -0.621. The van der Waals surface area contributed by atoms with Crippen molar-refractivity contribution in [2.24, 2.45) is 5.92 Å². The second-order valence-electron chi connectivity index (χ2n) is 6.11. The van der Waals surface area contributed by atoms with Crippen LogP contribution in [-0.4, -0.2) is 83.2 Å². The highest BCUT2D eigenvalue weighted by molar-refractivity contribution is 8.00. The van der Waals surface area contributed by atoms with Crippen molar-refractivity contribution in [3.05, 3.63) is 0 Å². The second kappa shape index (κ2) is 6.14. The molecule has 7 heteroatoms. The van der Waals surface area contributed by atoms with Crippen LogP contribution >= 0.6 is 11.8 Å². The fraction of sp³-hybridized carbons (Fsp3) is 0.857. The van der Waals surface area contributed by atoms with Crippen LogP contribution in [0.15, 0.2) is 0 Å². The largest absolute Gasteiger partial charge is 0.386 e. The van der Waals surface area contributed by atoms with Crippen LogP contribution < -0.4 is 0 Å². The van der Waals surface area contributed by atoms with Gasteiger partial charge in [-0.1, -0.05) is 0 Å². The number of hydrogen-bond acceptors (Lipinski definition) is 5. The molecule has 1 N–H and O–H groups in total. The third-order valence-electron chi connectivity index (χ3n) is 4.43. The van der Waals surface area contributed by atoms with Gasteiger partial charge in [0.25, 0.3) is 0 Å². The van der Waals surface area contributed by atoms with Crippen molar-refractivity contribution in [1.29, 1.82) is 0 Å². The number of nitrogens with zero attached hydrogens (tertiary/aromatic N) is 2. The van der Waals surface area contributed by atoms with Crippen LogP contribution in [0, 0.1) is 5.92 Å². The van der Waals surface area contributed by atoms with Crippen molar-refractivity contribution in [2.75, 3.05) is 50.9 Å². The number of thioether (sulfide) groups is 1. The number of rotatable bonds is 5. The van der Waals surface area contributed by atoms with Crippen molar-refractivity contribution in [3.8, 4) is 0 Å². The molecule has 6 nitrogen and oxygen atoms in total. The second-order valence-corrected chi connectivity index (χ2v) is 7.10. The normalized spacial score (nSPS) is 24.6. The zero-order chi connectivity index (χ0) is 14.9. The molecule has 2 heterocycles. The molecule has 1 aliphatic carbocycles. The van der Waals surface area contributed by atoms with E-state index in [9.17, 15) is 14.7 Å². The summed E-state index contributed by atoms with van der Waals surface area (Å²) in [4.78, 5) is 27.4. The molecule has 21 heavy (non-hydrogen) atoms. The lowest BCUT2D eigenvalue weighted by Gasteiger charge is -2.47. The van der Waals surface area contributed by atoms with E-state index in [4.69, 9.17) is 4.74 Å². The maximum absolute atomic E-state index is 12.0. The Bertz CT molecular complexity index is 415. The number of aliphatic hydroxyl groups is 1. The summed E-state index contributed by atoms with van der Waals surface area (Å²) in [6, 6.07) is 0. The van der Waals surface area contributed by atoms with Gasteiger partial charge < -0.3 is 19.6 Å². The maximum Gasteiger partial charge on any atom is 0.232 e. The first-order valence-corrected chi connectivity index (χ1v) is 8.67. The molecule has 1 saturated carbocycles. The Morgan fingerprint density at radius 3 is 2.24 bits per heavy atom. The van der Waals surface area contributed by atoms with Crippen LogP contribution in [0.4, 0.5) is 0 Å². The summed E-state index contributed by atoms with van der Waals surface area (Å²) in [6.45, 7) is 3.43. The summed E-state index contributed by atoms with van der Waals surface area (Å²) in [7, 11) is 0. The van der Waals surface area contributed by atoms with Crippen LogP contribution in [0.1, 0.15) is 12.8 Å². The van der Waals surface area contributed by atoms with Gasteiger partial charge in [0.15, 0.2) is 0 Å². The zero-order valence-corrected chi connectivity index (χ0v) is 12.9. The molecule has 118 valence electrons. The molecule has 0 radical (unpaired) electrons. The third-order valence-corrected chi connectivity index (χ3v) is 5.34. The minimum Gasteiger partial charge on any atom is -0.386 e. The molecule has 3 aliphatic rings. The molecule has 3 fully saturated rings. The molecular formula is C14H22N2O4S. The Balaban J connectivity index is 1.32. The number of likely N-dealkylation sites (tertiary alicyclic amines) is 1. The summed E-state index contributed by atoms with van der Waals surface area (Å²) in [5.41, 5.74) is -0.621. The lowest BCUT2D eigenvalue weighted by Crippen LogP contribution is -2.65. The molecular weight excluding hydrogens is 292 g/mol. The van der Waals surface area contributed by atoms with Gasteiger partial charge in [0.2, 0.25) is 11.8 Å². The predicted molar refractivity (Wildman–Crippen MR) is 79.0 cm³/mol. The van der Waals surface area contributed by atoms with Gasteiger partial charge in [-0.3, -0.25) is 9.59 Å². The Labute approximate surface area is 128 Å². The summed E-state index contributed by atoms with van der Waals surface area (Å²) >= 11 is 1.36. The third kappa shape index (κ3) is 3.52. The number of carbonyl (C=O) groups is 2. The van der Waals surface area contributed by atoms with Gasteiger partial charge in [0, 0.05) is 13.1 Å². The lowest BCUT2D eigenvalue weighted by atomic mass is 9.89. The van der Waals surface area contributed by atoms with Crippen LogP contribution in [-0.2, 0) is 14.3 Å². The van der Waals surface area contributed by atoms with Gasteiger partial charge in [-0.2, -0.15) is 0 Å². The molecule has 0 aromatic rings. The van der Waals surface area contributed by atoms with Crippen LogP contribution in [0.3, 0.4) is 0 Å². The number of ether oxygens (including phenoxy) is 1. The van der Waals surface area contributed by atoms with Gasteiger partial charge in [-0.05, 0) is 18.8 Å². The highest BCUT2D eigenvalue weighted by atomic mass is 32.2. The van der Waals surface area contributed by atoms with Crippen LogP contribution in [0.2, 0.25) is 0 Å². The fourth-order valence-electron chi connectivity index (χ4n) is 2.89. The first-order chi connectivity index (χ1) is 10.1. The van der Waals surface area contributed by atoms with E-state index in [1.807, 2.05) is 0 Å². The molecule has 3 rings (SSSR count). The summed E-state index contributed by atoms with van der Waals surface area (Å²) < 4.78 is 5.20. The molecule has 0 spiro atoms. The molecule has 0 unspecified atom stereocenters. The van der Waals surface area contributed by atoms with Gasteiger partial charge in [0.1, 0.15) is 5.60 Å². The Hall–Kier alpha value is -0.790. The van der Waals surface area contributed by atoms with E-state index in [-0.39, 0.29) is 11.8 Å². The van der Waals surface area contributed by atoms with Crippen molar-refractivity contribution < 1.29 is 19.4 Å². The van der Waals surface area contributed by atoms with Crippen molar-refractivity contribution in [2.45, 2.75) is 18.4 Å². The molecule has 2 aliphatic heterocycles. The van der Waals surface area contributed by atoms with Crippen molar-refractivity contribution in [3.63, 3.8) is 0 Å². The quantitative estimate of drug-likeness (QED) is 0.745. The number of hydrogen-bond donors (Lipinski definition) is 1. The number of amides is 2. The van der Waals surface area contributed by atoms with E-state index in [2.05, 4.69) is 0 Å². The van der Waals surface area contributed by atoms with E-state index in [1.54, 1.807) is 9.80 Å². The Kier molecular flexibility index (Phi) is 4.42. The highest BCUT2D eigenvalue weighted by Crippen LogP contribution is 2.44. The topological polar surface area (TPSA) is 70.1 Å². The van der Waals surface area contributed by atoms with Crippen molar-refractivity contribution in [1.82, 2.24) is 9.80 Å². The number of carbonyl (C=O) groups excluding carboxylic acids is 2. The highest BCUT2D eigenvalue weighted by Gasteiger charge is 2.53. The van der Waals surface area contributed by atoms with E-state index >= 15 is 0 Å². The van der Waals surface area contributed by atoms with Crippen molar-refractivity contribution >= 4 is 23.6 Å². The molecule has 2 saturated heterocycles. The molecule has 0 bridgehead atoms. The average molecular weight is 314 g/mol. The zero-order valence-electron chi connectivity index (χ0n) is 12.1. The first kappa shape index (κ1) is 15.1. The van der Waals surface area contributed by atoms with E-state index in [0.717, 1.165) is 12.8 Å². The molecule has 0 aromatic carbocycles. The number of morpholine rings is 1. The van der Waals surface area contributed by atoms with E-state index in [1.165, 1.54) is 11.8 Å². The summed E-state index contributed by atoms with van der Waals surface area (Å²) in [5.74, 6) is 1.16. The average Bonchev–Trinajstić information content (AvgIpc) is 3.29. The summed E-state index contributed by atoms with van der Waals surface area (Å²) in [6.07, 6.45) is 2.17. The summed E-state index contributed by atoms with van der Waals surface area (Å²) in [5, 5.41) is 10.2. The van der Waals surface area contributed by atoms with Gasteiger partial charge in [-0.15, -0.1) is 11.8 Å². The lowest BCUT2D eigenvalue weighted by molar-refractivity contribution is -0.156. The number of β-amino-alcohol motifs (C(OH)–C–C–N with tert-alkyl or cyclic N) is 1. The van der Waals surface area contributed by atoms with Crippen LogP contribution in [0.25, 0.3) is 0 Å². The minimum absolute atomic E-state index is 0.0279. The molecule has 0 aromatic heterocycles. The Morgan fingerprint density at radius 2 is 1.67 bits per heavy atom. The fourth-order valence-corrected chi connectivity index (χ4v) is 3.71. The maximum atomic E-state index is 12.0. The van der Waals surface area contributed by atoms with Gasteiger partial charge >= 0.3 is 0 Å². The van der Waals surface area contributed by atoms with E-state index in [0.29, 0.717) is 56.8 Å². The SMILES string of the molecule is O=C(CSCC(=O)N1CC(O)(C2CC2)C1)N1CCOCC1. The van der Waals surface area contributed by atoms with E-state index < -0.39 is 5.60 Å². The Morgan fingerprint density at radius 1 is 1.10 bits per heavy atom. The molecule has 0 atom stereocenters. The molecule has 2 amide bonds. The standard InChI is InChI=1S/C14H22N2O4S/c17-12(15-3-5-20-6-4-15)7-21-8-13(18)16-9-14(19,10-16)11-1-2-11/h11,19H,1-10H2. The first-order valence-electron chi connectivity index (χ1n) is 7.52. The predicted octanol–water partition coefficient (Wildman–Crippen LogP) is -0.438. The monoisotopic (exact) mass is 314 g/mol. The van der Waals surface area contributed by atoms with Gasteiger partial charge in [-0.25, -0.2) is 0 Å². The smallest absolute Gasteiger partial charge is 0.232 e. The van der Waals surface area contributed by atoms with Crippen LogP contribution in [0.5, 0.6) is 0 Å².